The zero-order valence-corrected chi connectivity index (χ0v) is 10.7. The van der Waals surface area contributed by atoms with E-state index < -0.39 is 0 Å². The lowest BCUT2D eigenvalue weighted by Crippen LogP contribution is -2.33. The van der Waals surface area contributed by atoms with E-state index in [1.54, 1.807) is 7.11 Å². The third kappa shape index (κ3) is 3.06. The number of nitrogens with zero attached hydrogens (tertiary/aromatic N) is 2. The first-order valence-electron chi connectivity index (χ1n) is 5.80. The minimum absolute atomic E-state index is 0.329. The first-order chi connectivity index (χ1) is 7.50. The number of ether oxygens (including phenoxy) is 1. The van der Waals surface area contributed by atoms with Crippen molar-refractivity contribution < 1.29 is 4.74 Å². The predicted molar refractivity (Wildman–Crippen MR) is 65.3 cm³/mol. The zero-order valence-electron chi connectivity index (χ0n) is 10.7. The maximum Gasteiger partial charge on any atom is 0.0952 e. The Hall–Kier alpha value is -0.870. The molecule has 0 radical (unpaired) electrons. The third-order valence-electron chi connectivity index (χ3n) is 2.70. The van der Waals surface area contributed by atoms with Gasteiger partial charge in [0.05, 0.1) is 30.2 Å². The van der Waals surface area contributed by atoms with Crippen molar-refractivity contribution in [3.05, 3.63) is 18.2 Å². The molecule has 1 aromatic rings. The maximum atomic E-state index is 6.13. The normalized spacial score (nSPS) is 14.1. The molecule has 0 aliphatic carbocycles. The number of aromatic nitrogens is 2. The van der Waals surface area contributed by atoms with Crippen LogP contribution in [0.5, 0.6) is 0 Å². The molecule has 1 aromatic heterocycles. The molecule has 0 spiro atoms. The molecular weight excluding hydrogens is 202 g/mol. The highest BCUT2D eigenvalue weighted by Crippen LogP contribution is 2.23. The number of nitrogens with two attached hydrogens (primary N) is 1. The summed E-state index contributed by atoms with van der Waals surface area (Å²) in [5, 5.41) is 0. The summed E-state index contributed by atoms with van der Waals surface area (Å²) < 4.78 is 7.40. The second kappa shape index (κ2) is 5.46. The summed E-state index contributed by atoms with van der Waals surface area (Å²) in [5.74, 6) is 0. The minimum atomic E-state index is -0.365. The van der Waals surface area contributed by atoms with Gasteiger partial charge in [0, 0.05) is 13.3 Å². The Kier molecular flexibility index (Phi) is 4.50. The van der Waals surface area contributed by atoms with Crippen LogP contribution >= 0.6 is 0 Å². The van der Waals surface area contributed by atoms with Crippen molar-refractivity contribution in [1.82, 2.24) is 9.55 Å². The first-order valence-corrected chi connectivity index (χ1v) is 5.80. The van der Waals surface area contributed by atoms with Crippen LogP contribution in [0.2, 0.25) is 0 Å². The molecular formula is C12H23N3O. The van der Waals surface area contributed by atoms with E-state index in [-0.39, 0.29) is 5.54 Å². The standard InChI is InChI=1S/C12H23N3O/c1-5-6-10(8-16-4)15-9-14-7-11(15)12(2,3)13/h7,9-10H,5-6,8,13H2,1-4H3. The number of rotatable bonds is 6. The smallest absolute Gasteiger partial charge is 0.0952 e. The van der Waals surface area contributed by atoms with E-state index in [1.807, 2.05) is 26.4 Å². The van der Waals surface area contributed by atoms with E-state index in [2.05, 4.69) is 16.5 Å². The van der Waals surface area contributed by atoms with Crippen molar-refractivity contribution in [3.63, 3.8) is 0 Å². The molecule has 2 N–H and O–H groups in total. The summed E-state index contributed by atoms with van der Waals surface area (Å²) in [6.07, 6.45) is 5.89. The van der Waals surface area contributed by atoms with Crippen molar-refractivity contribution >= 4 is 0 Å². The van der Waals surface area contributed by atoms with Crippen LogP contribution in [0.4, 0.5) is 0 Å². The highest BCUT2D eigenvalue weighted by atomic mass is 16.5. The Bertz CT molecular complexity index is 308. The van der Waals surface area contributed by atoms with Gasteiger partial charge in [-0.1, -0.05) is 13.3 Å². The van der Waals surface area contributed by atoms with Gasteiger partial charge in [-0.3, -0.25) is 0 Å². The number of hydrogen-bond donors (Lipinski definition) is 1. The first kappa shape index (κ1) is 13.2. The molecule has 16 heavy (non-hydrogen) atoms. The Morgan fingerprint density at radius 1 is 1.56 bits per heavy atom. The molecule has 0 aromatic carbocycles. The molecule has 1 unspecified atom stereocenters. The molecule has 0 amide bonds. The quantitative estimate of drug-likeness (QED) is 0.806. The number of imidazole rings is 1. The van der Waals surface area contributed by atoms with Crippen LogP contribution in [0.3, 0.4) is 0 Å². The largest absolute Gasteiger partial charge is 0.383 e. The van der Waals surface area contributed by atoms with Gasteiger partial charge in [-0.25, -0.2) is 4.98 Å². The van der Waals surface area contributed by atoms with Gasteiger partial charge in [0.15, 0.2) is 0 Å². The van der Waals surface area contributed by atoms with Crippen LogP contribution in [0.15, 0.2) is 12.5 Å². The average Bonchev–Trinajstić information content (AvgIpc) is 2.65. The Balaban J connectivity index is 2.95. The summed E-state index contributed by atoms with van der Waals surface area (Å²) in [4.78, 5) is 4.20. The lowest BCUT2D eigenvalue weighted by molar-refractivity contribution is 0.147. The fourth-order valence-electron chi connectivity index (χ4n) is 1.92. The summed E-state index contributed by atoms with van der Waals surface area (Å²) in [6, 6.07) is 0.329. The van der Waals surface area contributed by atoms with Crippen LogP contribution in [0.1, 0.15) is 45.3 Å². The van der Waals surface area contributed by atoms with E-state index in [1.165, 1.54) is 0 Å². The van der Waals surface area contributed by atoms with Crippen LogP contribution < -0.4 is 5.73 Å². The van der Waals surface area contributed by atoms with E-state index in [4.69, 9.17) is 10.5 Å². The van der Waals surface area contributed by atoms with Crippen molar-refractivity contribution in [3.8, 4) is 0 Å². The molecule has 4 nitrogen and oxygen atoms in total. The summed E-state index contributed by atoms with van der Waals surface area (Å²) in [5.41, 5.74) is 6.82. The van der Waals surface area contributed by atoms with Gasteiger partial charge in [-0.2, -0.15) is 0 Å². The van der Waals surface area contributed by atoms with E-state index in [0.29, 0.717) is 12.6 Å². The molecule has 92 valence electrons. The fourth-order valence-corrected chi connectivity index (χ4v) is 1.92. The number of methoxy groups -OCH3 is 1. The van der Waals surface area contributed by atoms with Crippen molar-refractivity contribution in [2.45, 2.75) is 45.2 Å². The van der Waals surface area contributed by atoms with Gasteiger partial charge in [-0.05, 0) is 20.3 Å². The van der Waals surface area contributed by atoms with Crippen molar-refractivity contribution in [2.24, 2.45) is 5.73 Å². The molecule has 0 bridgehead atoms. The SMILES string of the molecule is CCCC(COC)n1cncc1C(C)(C)N. The fraction of sp³-hybridized carbons (Fsp3) is 0.750. The minimum Gasteiger partial charge on any atom is -0.383 e. The predicted octanol–water partition coefficient (Wildman–Crippen LogP) is 2.06. The second-order valence-electron chi connectivity index (χ2n) is 4.81. The van der Waals surface area contributed by atoms with Gasteiger partial charge in [-0.15, -0.1) is 0 Å². The molecule has 4 heteroatoms. The maximum absolute atomic E-state index is 6.13. The summed E-state index contributed by atoms with van der Waals surface area (Å²) in [7, 11) is 1.73. The monoisotopic (exact) mass is 225 g/mol. The molecule has 0 fully saturated rings. The Morgan fingerprint density at radius 3 is 2.75 bits per heavy atom. The molecule has 0 saturated carbocycles. The molecule has 1 atom stereocenters. The van der Waals surface area contributed by atoms with E-state index in [9.17, 15) is 0 Å². The van der Waals surface area contributed by atoms with Crippen LogP contribution in [0, 0.1) is 0 Å². The molecule has 1 rings (SSSR count). The summed E-state index contributed by atoms with van der Waals surface area (Å²) in [6.45, 7) is 6.87. The zero-order chi connectivity index (χ0) is 12.2. The average molecular weight is 225 g/mol. The highest BCUT2D eigenvalue weighted by molar-refractivity contribution is 5.11. The van der Waals surface area contributed by atoms with Gasteiger partial charge in [0.2, 0.25) is 0 Å². The van der Waals surface area contributed by atoms with E-state index in [0.717, 1.165) is 18.5 Å². The van der Waals surface area contributed by atoms with Gasteiger partial charge in [0.1, 0.15) is 0 Å². The van der Waals surface area contributed by atoms with Crippen LogP contribution in [-0.4, -0.2) is 23.3 Å². The number of hydrogen-bond acceptors (Lipinski definition) is 3. The Morgan fingerprint density at radius 2 is 2.25 bits per heavy atom. The van der Waals surface area contributed by atoms with Crippen molar-refractivity contribution in [2.75, 3.05) is 13.7 Å². The van der Waals surface area contributed by atoms with Crippen LogP contribution in [0.25, 0.3) is 0 Å². The molecule has 0 aliphatic heterocycles. The van der Waals surface area contributed by atoms with Gasteiger partial charge < -0.3 is 15.0 Å². The van der Waals surface area contributed by atoms with Crippen LogP contribution in [-0.2, 0) is 10.3 Å². The lowest BCUT2D eigenvalue weighted by atomic mass is 10.0. The Labute approximate surface area is 97.8 Å². The topological polar surface area (TPSA) is 53.1 Å². The lowest BCUT2D eigenvalue weighted by Gasteiger charge is -2.26. The van der Waals surface area contributed by atoms with Gasteiger partial charge >= 0.3 is 0 Å². The van der Waals surface area contributed by atoms with E-state index >= 15 is 0 Å². The molecule has 0 aliphatic rings. The molecule has 0 saturated heterocycles. The molecule has 1 heterocycles. The second-order valence-corrected chi connectivity index (χ2v) is 4.81. The highest BCUT2D eigenvalue weighted by Gasteiger charge is 2.22. The van der Waals surface area contributed by atoms with Crippen molar-refractivity contribution in [1.29, 1.82) is 0 Å². The summed E-state index contributed by atoms with van der Waals surface area (Å²) >= 11 is 0. The third-order valence-corrected chi connectivity index (χ3v) is 2.70. The van der Waals surface area contributed by atoms with Gasteiger partial charge in [0.25, 0.3) is 0 Å².